The van der Waals surface area contributed by atoms with Gasteiger partial charge >= 0.3 is 0 Å². The van der Waals surface area contributed by atoms with Crippen LogP contribution < -0.4 is 16.4 Å². The van der Waals surface area contributed by atoms with Gasteiger partial charge in [0, 0.05) is 31.4 Å². The third kappa shape index (κ3) is 6.40. The van der Waals surface area contributed by atoms with Crippen molar-refractivity contribution in [2.24, 2.45) is 17.6 Å². The monoisotopic (exact) mass is 498 g/mol. The number of amides is 4. The van der Waals surface area contributed by atoms with E-state index in [9.17, 15) is 19.2 Å². The second-order valence-electron chi connectivity index (χ2n) is 10.3. The summed E-state index contributed by atoms with van der Waals surface area (Å²) in [6, 6.07) is 1.71. The lowest BCUT2D eigenvalue weighted by Crippen LogP contribution is -2.64. The largest absolute Gasteiger partial charge is 0.368 e. The molecule has 196 valence electrons. The Kier molecular flexibility index (Phi) is 8.90. The zero-order valence-electron chi connectivity index (χ0n) is 20.9. The Balaban J connectivity index is 1.50. The fourth-order valence-corrected chi connectivity index (χ4v) is 5.70. The zero-order chi connectivity index (χ0) is 25.5. The maximum atomic E-state index is 13.6. The number of piperidine rings is 1. The van der Waals surface area contributed by atoms with E-state index in [1.165, 1.54) is 12.6 Å². The van der Waals surface area contributed by atoms with Crippen LogP contribution in [0.3, 0.4) is 0 Å². The third-order valence-corrected chi connectivity index (χ3v) is 7.80. The number of carbonyl (C=O) groups excluding carboxylic acids is 4. The summed E-state index contributed by atoms with van der Waals surface area (Å²) >= 11 is 0. The van der Waals surface area contributed by atoms with Gasteiger partial charge in [-0.15, -0.1) is 0 Å². The molecule has 10 heteroatoms. The topological polar surface area (TPSA) is 138 Å². The van der Waals surface area contributed by atoms with Crippen molar-refractivity contribution in [2.75, 3.05) is 32.7 Å². The summed E-state index contributed by atoms with van der Waals surface area (Å²) in [4.78, 5) is 59.6. The van der Waals surface area contributed by atoms with Crippen molar-refractivity contribution < 1.29 is 19.2 Å². The molecule has 4 rings (SSSR count). The molecule has 0 bridgehead atoms. The van der Waals surface area contributed by atoms with Crippen LogP contribution in [0.5, 0.6) is 0 Å². The first-order valence-electron chi connectivity index (χ1n) is 13.2. The molecule has 1 aliphatic carbocycles. The molecule has 0 radical (unpaired) electrons. The second kappa shape index (κ2) is 12.3. The lowest BCUT2D eigenvalue weighted by Gasteiger charge is -2.42. The van der Waals surface area contributed by atoms with E-state index in [1.54, 1.807) is 28.1 Å². The van der Waals surface area contributed by atoms with Gasteiger partial charge in [0.2, 0.25) is 17.7 Å². The standard InChI is InChI=1S/C26H38N6O4/c27-23(33)21(15-18-5-2-1-3-6-18)30-24(34)22-17-31(25(35)20-7-4-10-29-16-20)13-14-32(22)26(36)19-8-11-28-12-9-19/h4,7,10,16,18-19,21-22,28H,1-3,5-6,8-9,11-15,17H2,(H2,27,33)(H,30,34)/t21-,22-/m0/s1. The molecule has 36 heavy (non-hydrogen) atoms. The van der Waals surface area contributed by atoms with E-state index >= 15 is 0 Å². The Bertz CT molecular complexity index is 930. The van der Waals surface area contributed by atoms with Gasteiger partial charge in [-0.1, -0.05) is 32.1 Å². The summed E-state index contributed by atoms with van der Waals surface area (Å²) in [5, 5.41) is 6.11. The van der Waals surface area contributed by atoms with E-state index in [0.29, 0.717) is 37.3 Å². The number of piperazine rings is 1. The Morgan fingerprint density at radius 2 is 1.83 bits per heavy atom. The molecule has 0 unspecified atom stereocenters. The summed E-state index contributed by atoms with van der Waals surface area (Å²) in [5.74, 6) is -1.10. The van der Waals surface area contributed by atoms with Crippen LogP contribution in [0.4, 0.5) is 0 Å². The smallest absolute Gasteiger partial charge is 0.255 e. The van der Waals surface area contributed by atoms with Crippen LogP contribution in [0.25, 0.3) is 0 Å². The summed E-state index contributed by atoms with van der Waals surface area (Å²) < 4.78 is 0. The number of nitrogens with one attached hydrogen (secondary N) is 2. The molecule has 10 nitrogen and oxygen atoms in total. The SMILES string of the molecule is NC(=O)[C@H](CC1CCCCC1)NC(=O)[C@@H]1CN(C(=O)c2cccnc2)CCN1C(=O)C1CCNCC1. The number of pyridine rings is 1. The number of primary amides is 1. The molecular weight excluding hydrogens is 460 g/mol. The lowest BCUT2D eigenvalue weighted by molar-refractivity contribution is -0.147. The molecule has 3 aliphatic rings. The van der Waals surface area contributed by atoms with Crippen LogP contribution in [0.1, 0.15) is 61.7 Å². The summed E-state index contributed by atoms with van der Waals surface area (Å²) in [7, 11) is 0. The highest BCUT2D eigenvalue weighted by Crippen LogP contribution is 2.27. The third-order valence-electron chi connectivity index (χ3n) is 7.80. The van der Waals surface area contributed by atoms with Crippen LogP contribution in [0.15, 0.2) is 24.5 Å². The highest BCUT2D eigenvalue weighted by atomic mass is 16.2. The van der Waals surface area contributed by atoms with Gasteiger partial charge in [0.15, 0.2) is 0 Å². The Labute approximate surface area is 212 Å². The first-order chi connectivity index (χ1) is 17.4. The molecule has 4 amide bonds. The number of nitrogens with two attached hydrogens (primary N) is 1. The van der Waals surface area contributed by atoms with Crippen LogP contribution in [-0.4, -0.2) is 83.2 Å². The number of hydrogen-bond acceptors (Lipinski definition) is 6. The van der Waals surface area contributed by atoms with Crippen molar-refractivity contribution in [1.29, 1.82) is 0 Å². The average Bonchev–Trinajstić information content (AvgIpc) is 2.93. The Morgan fingerprint density at radius 1 is 1.08 bits per heavy atom. The van der Waals surface area contributed by atoms with E-state index in [4.69, 9.17) is 5.73 Å². The van der Waals surface area contributed by atoms with Crippen LogP contribution >= 0.6 is 0 Å². The van der Waals surface area contributed by atoms with Crippen molar-refractivity contribution in [3.05, 3.63) is 30.1 Å². The number of aromatic nitrogens is 1. The molecule has 1 aromatic rings. The van der Waals surface area contributed by atoms with Crippen molar-refractivity contribution >= 4 is 23.6 Å². The lowest BCUT2D eigenvalue weighted by atomic mass is 9.84. The van der Waals surface area contributed by atoms with E-state index in [-0.39, 0.29) is 30.8 Å². The molecule has 3 fully saturated rings. The highest BCUT2D eigenvalue weighted by Gasteiger charge is 2.40. The molecule has 2 aliphatic heterocycles. The number of nitrogens with zero attached hydrogens (tertiary/aromatic N) is 3. The van der Waals surface area contributed by atoms with Gasteiger partial charge in [-0.2, -0.15) is 0 Å². The maximum absolute atomic E-state index is 13.6. The molecule has 2 atom stereocenters. The van der Waals surface area contributed by atoms with Gasteiger partial charge in [0.05, 0.1) is 12.1 Å². The second-order valence-corrected chi connectivity index (χ2v) is 10.3. The summed E-state index contributed by atoms with van der Waals surface area (Å²) in [6.45, 7) is 2.17. The molecule has 0 spiro atoms. The van der Waals surface area contributed by atoms with Crippen LogP contribution in [0.2, 0.25) is 0 Å². The van der Waals surface area contributed by atoms with Gasteiger partial charge < -0.3 is 26.2 Å². The number of carbonyl (C=O) groups is 4. The van der Waals surface area contributed by atoms with Gasteiger partial charge in [-0.25, -0.2) is 0 Å². The van der Waals surface area contributed by atoms with Crippen molar-refractivity contribution in [2.45, 2.75) is 63.5 Å². The fraction of sp³-hybridized carbons (Fsp3) is 0.654. The summed E-state index contributed by atoms with van der Waals surface area (Å²) in [5.41, 5.74) is 6.11. The van der Waals surface area contributed by atoms with E-state index in [2.05, 4.69) is 15.6 Å². The first-order valence-corrected chi connectivity index (χ1v) is 13.2. The van der Waals surface area contributed by atoms with Gasteiger partial charge in [0.25, 0.3) is 5.91 Å². The average molecular weight is 499 g/mol. The molecule has 1 aromatic heterocycles. The van der Waals surface area contributed by atoms with E-state index < -0.39 is 23.9 Å². The van der Waals surface area contributed by atoms with E-state index in [1.807, 2.05) is 0 Å². The molecule has 1 saturated carbocycles. The normalized spacial score (nSPS) is 22.6. The molecule has 0 aromatic carbocycles. The Hall–Kier alpha value is -3.01. The van der Waals surface area contributed by atoms with Crippen molar-refractivity contribution in [3.8, 4) is 0 Å². The molecule has 4 N–H and O–H groups in total. The van der Waals surface area contributed by atoms with Crippen molar-refractivity contribution in [3.63, 3.8) is 0 Å². The summed E-state index contributed by atoms with van der Waals surface area (Å²) in [6.07, 6.45) is 10.5. The first kappa shape index (κ1) is 26.1. The molecular formula is C26H38N6O4. The number of rotatable bonds is 7. The quantitative estimate of drug-likeness (QED) is 0.505. The van der Waals surface area contributed by atoms with Gasteiger partial charge in [0.1, 0.15) is 12.1 Å². The molecule has 3 heterocycles. The zero-order valence-corrected chi connectivity index (χ0v) is 20.9. The minimum absolute atomic E-state index is 0.0607. The predicted molar refractivity (Wildman–Crippen MR) is 134 cm³/mol. The predicted octanol–water partition coefficient (Wildman–Crippen LogP) is 0.675. The fourth-order valence-electron chi connectivity index (χ4n) is 5.70. The van der Waals surface area contributed by atoms with Crippen molar-refractivity contribution in [1.82, 2.24) is 25.4 Å². The minimum atomic E-state index is -0.880. The van der Waals surface area contributed by atoms with Crippen LogP contribution in [0, 0.1) is 11.8 Å². The van der Waals surface area contributed by atoms with Crippen LogP contribution in [-0.2, 0) is 14.4 Å². The minimum Gasteiger partial charge on any atom is -0.368 e. The van der Waals surface area contributed by atoms with Gasteiger partial charge in [-0.05, 0) is 50.4 Å². The maximum Gasteiger partial charge on any atom is 0.255 e. The van der Waals surface area contributed by atoms with E-state index in [0.717, 1.165) is 38.8 Å². The Morgan fingerprint density at radius 3 is 2.50 bits per heavy atom. The van der Waals surface area contributed by atoms with Gasteiger partial charge in [-0.3, -0.25) is 24.2 Å². The highest BCUT2D eigenvalue weighted by molar-refractivity contribution is 5.96. The number of hydrogen-bond donors (Lipinski definition) is 3. The molecule has 2 saturated heterocycles.